The number of hydrogen-bond acceptors (Lipinski definition) is 8. The van der Waals surface area contributed by atoms with E-state index in [1.165, 1.54) is 6.92 Å². The fraction of sp³-hybridized carbons (Fsp3) is 0.407. The van der Waals surface area contributed by atoms with E-state index in [4.69, 9.17) is 26.7 Å². The summed E-state index contributed by atoms with van der Waals surface area (Å²) in [4.78, 5) is 32.6. The van der Waals surface area contributed by atoms with Crippen molar-refractivity contribution in [3.8, 4) is 5.75 Å². The van der Waals surface area contributed by atoms with Crippen LogP contribution < -0.4 is 26.2 Å². The zero-order valence-corrected chi connectivity index (χ0v) is 24.3. The summed E-state index contributed by atoms with van der Waals surface area (Å²) in [6, 6.07) is 6.97. The third-order valence-electron chi connectivity index (χ3n) is 5.64. The molecule has 2 rings (SSSR count). The van der Waals surface area contributed by atoms with E-state index in [-0.39, 0.29) is 17.9 Å². The van der Waals surface area contributed by atoms with Crippen LogP contribution in [0.25, 0.3) is 0 Å². The first-order valence-electron chi connectivity index (χ1n) is 12.6. The Morgan fingerprint density at radius 1 is 1.07 bits per heavy atom. The molecule has 0 saturated heterocycles. The van der Waals surface area contributed by atoms with Crippen LogP contribution in [0.5, 0.6) is 5.75 Å². The molecule has 0 aliphatic heterocycles. The smallest absolute Gasteiger partial charge is 0.321 e. The maximum atomic E-state index is 12.4. The number of rotatable bonds is 14. The lowest BCUT2D eigenvalue weighted by molar-refractivity contribution is -0.138. The molecule has 13 heteroatoms. The van der Waals surface area contributed by atoms with Gasteiger partial charge in [-0.2, -0.15) is 4.72 Å². The Hall–Kier alpha value is -3.97. The standard InChI is InChI=1S/C15H22N2O6S.C12H17N3O/c1-9-7-12(23-6-4-5-13(16)18)8-10(2)14(9)24(21,22)17-11(3)15(19)20;1-3-4-10(13)9-6-5-8(12(14)16)7-11(9)15-2/h7-8,11,17H,4-6H2,1-3H3,(H2,16,18)(H,19,20);5-7,13,15H,3-4H2,1-2H3,(H2,14,16). The third kappa shape index (κ3) is 10.3. The molecule has 12 nitrogen and oxygen atoms in total. The lowest BCUT2D eigenvalue weighted by atomic mass is 10.0. The first-order chi connectivity index (χ1) is 18.6. The number of amides is 2. The fourth-order valence-electron chi connectivity index (χ4n) is 3.75. The van der Waals surface area contributed by atoms with E-state index >= 15 is 0 Å². The maximum absolute atomic E-state index is 12.4. The normalized spacial score (nSPS) is 11.5. The molecule has 8 N–H and O–H groups in total. The van der Waals surface area contributed by atoms with Crippen molar-refractivity contribution in [2.45, 2.75) is 64.3 Å². The molecule has 0 aliphatic carbocycles. The van der Waals surface area contributed by atoms with Gasteiger partial charge in [0, 0.05) is 36.0 Å². The van der Waals surface area contributed by atoms with Gasteiger partial charge >= 0.3 is 5.97 Å². The van der Waals surface area contributed by atoms with E-state index in [2.05, 4.69) is 10.0 Å². The second kappa shape index (κ2) is 15.6. The first kappa shape index (κ1) is 34.1. The summed E-state index contributed by atoms with van der Waals surface area (Å²) in [5.74, 6) is -1.65. The molecule has 0 aromatic heterocycles. The fourth-order valence-corrected chi connectivity index (χ4v) is 5.40. The molecular formula is C27H39N5O7S. The van der Waals surface area contributed by atoms with Crippen molar-refractivity contribution in [3.05, 3.63) is 52.6 Å². The van der Waals surface area contributed by atoms with Crippen molar-refractivity contribution in [1.82, 2.24) is 4.72 Å². The van der Waals surface area contributed by atoms with Gasteiger partial charge in [0.25, 0.3) is 0 Å². The number of sulfonamides is 1. The SMILES string of the molecule is CCCC(=N)c1ccc(C(N)=O)cc1NC.Cc1cc(OCCCC(N)=O)cc(C)c1S(=O)(=O)NC(C)C(=O)O. The van der Waals surface area contributed by atoms with Crippen LogP contribution in [0.1, 0.15) is 66.6 Å². The van der Waals surface area contributed by atoms with Crippen LogP contribution >= 0.6 is 0 Å². The topological polar surface area (TPSA) is 215 Å². The Morgan fingerprint density at radius 2 is 1.68 bits per heavy atom. The lowest BCUT2D eigenvalue weighted by Gasteiger charge is -2.16. The molecule has 0 spiro atoms. The van der Waals surface area contributed by atoms with Crippen molar-refractivity contribution < 1.29 is 32.6 Å². The molecule has 0 aliphatic rings. The van der Waals surface area contributed by atoms with Gasteiger partial charge in [0.1, 0.15) is 11.8 Å². The average Bonchev–Trinajstić information content (AvgIpc) is 2.85. The van der Waals surface area contributed by atoms with Crippen LogP contribution in [0.2, 0.25) is 0 Å². The van der Waals surface area contributed by atoms with Gasteiger partial charge in [-0.1, -0.05) is 19.4 Å². The molecule has 0 saturated carbocycles. The van der Waals surface area contributed by atoms with Crippen LogP contribution in [0, 0.1) is 19.3 Å². The molecule has 2 amide bonds. The molecule has 220 valence electrons. The Bertz CT molecular complexity index is 1320. The van der Waals surface area contributed by atoms with Crippen LogP contribution in [0.15, 0.2) is 35.2 Å². The molecule has 1 unspecified atom stereocenters. The summed E-state index contributed by atoms with van der Waals surface area (Å²) in [5, 5.41) is 19.7. The van der Waals surface area contributed by atoms with Gasteiger partial charge in [-0.3, -0.25) is 14.4 Å². The lowest BCUT2D eigenvalue weighted by Crippen LogP contribution is -2.38. The monoisotopic (exact) mass is 577 g/mol. The maximum Gasteiger partial charge on any atom is 0.321 e. The summed E-state index contributed by atoms with van der Waals surface area (Å²) >= 11 is 0. The minimum atomic E-state index is -3.97. The van der Waals surface area contributed by atoms with Crippen molar-refractivity contribution >= 4 is 39.2 Å². The highest BCUT2D eigenvalue weighted by Gasteiger charge is 2.25. The largest absolute Gasteiger partial charge is 0.494 e. The minimum absolute atomic E-state index is 0.0279. The van der Waals surface area contributed by atoms with Crippen LogP contribution in [-0.2, 0) is 19.6 Å². The summed E-state index contributed by atoms with van der Waals surface area (Å²) < 4.78 is 32.3. The Kier molecular flexibility index (Phi) is 13.3. The van der Waals surface area contributed by atoms with Crippen molar-refractivity contribution in [3.63, 3.8) is 0 Å². The number of nitrogens with two attached hydrogens (primary N) is 2. The van der Waals surface area contributed by atoms with E-state index < -0.39 is 33.8 Å². The molecule has 1 atom stereocenters. The van der Waals surface area contributed by atoms with Gasteiger partial charge in [0.2, 0.25) is 21.8 Å². The first-order valence-corrected chi connectivity index (χ1v) is 14.1. The number of benzene rings is 2. The van der Waals surface area contributed by atoms with Crippen LogP contribution in [-0.4, -0.2) is 56.7 Å². The van der Waals surface area contributed by atoms with E-state index in [9.17, 15) is 22.8 Å². The number of aliphatic carboxylic acids is 1. The van der Waals surface area contributed by atoms with Gasteiger partial charge in [0.05, 0.1) is 11.5 Å². The highest BCUT2D eigenvalue weighted by Crippen LogP contribution is 2.26. The van der Waals surface area contributed by atoms with Crippen molar-refractivity contribution in [2.75, 3.05) is 19.0 Å². The molecule has 40 heavy (non-hydrogen) atoms. The van der Waals surface area contributed by atoms with Gasteiger partial charge in [-0.25, -0.2) is 8.42 Å². The Morgan fingerprint density at radius 3 is 2.15 bits per heavy atom. The van der Waals surface area contributed by atoms with Crippen LogP contribution in [0.4, 0.5) is 5.69 Å². The Labute approximate surface area is 235 Å². The van der Waals surface area contributed by atoms with Gasteiger partial charge in [0.15, 0.2) is 0 Å². The quantitative estimate of drug-likeness (QED) is 0.145. The van der Waals surface area contributed by atoms with Gasteiger partial charge in [-0.15, -0.1) is 0 Å². The van der Waals surface area contributed by atoms with Crippen molar-refractivity contribution in [1.29, 1.82) is 5.41 Å². The number of hydrogen-bond donors (Lipinski definition) is 6. The number of anilines is 1. The summed E-state index contributed by atoms with van der Waals surface area (Å²) in [6.45, 7) is 6.76. The molecule has 0 radical (unpaired) electrons. The van der Waals surface area contributed by atoms with E-state index in [1.54, 1.807) is 51.2 Å². The third-order valence-corrected chi connectivity index (χ3v) is 7.48. The van der Waals surface area contributed by atoms with E-state index in [0.29, 0.717) is 34.6 Å². The molecule has 2 aromatic rings. The van der Waals surface area contributed by atoms with E-state index in [0.717, 1.165) is 24.1 Å². The number of carbonyl (C=O) groups excluding carboxylic acids is 2. The van der Waals surface area contributed by atoms with Crippen LogP contribution in [0.3, 0.4) is 0 Å². The minimum Gasteiger partial charge on any atom is -0.494 e. The number of carbonyl (C=O) groups is 3. The molecule has 0 heterocycles. The number of ether oxygens (including phenoxy) is 1. The van der Waals surface area contributed by atoms with Crippen molar-refractivity contribution in [2.24, 2.45) is 11.5 Å². The number of carboxylic acids is 1. The summed E-state index contributed by atoms with van der Waals surface area (Å²) in [5.41, 5.74) is 13.7. The molecule has 0 fully saturated rings. The Balaban J connectivity index is 0.000000433. The zero-order valence-electron chi connectivity index (χ0n) is 23.5. The highest BCUT2D eigenvalue weighted by molar-refractivity contribution is 7.89. The summed E-state index contributed by atoms with van der Waals surface area (Å²) in [6.07, 6.45) is 2.33. The highest BCUT2D eigenvalue weighted by atomic mass is 32.2. The zero-order chi connectivity index (χ0) is 30.6. The molecular weight excluding hydrogens is 538 g/mol. The summed E-state index contributed by atoms with van der Waals surface area (Å²) in [7, 11) is -2.20. The number of nitrogens with one attached hydrogen (secondary N) is 3. The predicted octanol–water partition coefficient (Wildman–Crippen LogP) is 2.69. The second-order valence-electron chi connectivity index (χ2n) is 9.09. The van der Waals surface area contributed by atoms with Gasteiger partial charge in [-0.05, 0) is 69.0 Å². The number of primary amides is 2. The average molecular weight is 578 g/mol. The predicted molar refractivity (Wildman–Crippen MR) is 154 cm³/mol. The second-order valence-corrected chi connectivity index (χ2v) is 10.7. The number of aryl methyl sites for hydroxylation is 2. The molecule has 0 bridgehead atoms. The van der Waals surface area contributed by atoms with E-state index in [1.807, 2.05) is 6.92 Å². The van der Waals surface area contributed by atoms with Gasteiger partial charge < -0.3 is 32.0 Å². The molecule has 2 aromatic carbocycles. The number of carboxylic acid groups (broad SMARTS) is 1.